The van der Waals surface area contributed by atoms with E-state index < -0.39 is 0 Å². The van der Waals surface area contributed by atoms with Crippen LogP contribution < -0.4 is 14.8 Å². The summed E-state index contributed by atoms with van der Waals surface area (Å²) in [4.78, 5) is 0. The minimum atomic E-state index is 0.160. The lowest BCUT2D eigenvalue weighted by atomic mass is 10.1. The Hall–Kier alpha value is -0.980. The highest BCUT2D eigenvalue weighted by Gasteiger charge is 2.11. The van der Waals surface area contributed by atoms with Crippen molar-refractivity contribution in [2.24, 2.45) is 0 Å². The largest absolute Gasteiger partial charge is 0.493 e. The molecule has 6 heteroatoms. The first-order chi connectivity index (χ1) is 10.0. The van der Waals surface area contributed by atoms with Crippen LogP contribution >= 0.6 is 31.9 Å². The van der Waals surface area contributed by atoms with Crippen molar-refractivity contribution >= 4 is 31.9 Å². The minimum absolute atomic E-state index is 0.160. The molecule has 0 fully saturated rings. The van der Waals surface area contributed by atoms with Gasteiger partial charge in [-0.2, -0.15) is 0 Å². The lowest BCUT2D eigenvalue weighted by molar-refractivity contribution is 0.354. The summed E-state index contributed by atoms with van der Waals surface area (Å²) in [6.07, 6.45) is 0. The molecule has 0 spiro atoms. The molecule has 1 unspecified atom stereocenters. The third-order valence-electron chi connectivity index (χ3n) is 3.19. The Labute approximate surface area is 141 Å². The third-order valence-corrected chi connectivity index (χ3v) is 4.90. The van der Waals surface area contributed by atoms with E-state index in [1.165, 1.54) is 0 Å². The van der Waals surface area contributed by atoms with E-state index in [-0.39, 0.29) is 6.04 Å². The summed E-state index contributed by atoms with van der Waals surface area (Å²) in [5.74, 6) is 2.32. The average Bonchev–Trinajstić information content (AvgIpc) is 2.82. The van der Waals surface area contributed by atoms with Gasteiger partial charge in [0.05, 0.1) is 25.2 Å². The third kappa shape index (κ3) is 4.02. The summed E-state index contributed by atoms with van der Waals surface area (Å²) in [6.45, 7) is 2.73. The molecule has 0 aliphatic rings. The van der Waals surface area contributed by atoms with Gasteiger partial charge in [0.25, 0.3) is 0 Å². The molecule has 4 nitrogen and oxygen atoms in total. The first-order valence-electron chi connectivity index (χ1n) is 6.44. The number of halogens is 2. The van der Waals surface area contributed by atoms with Crippen LogP contribution in [0.4, 0.5) is 0 Å². The van der Waals surface area contributed by atoms with E-state index in [1.807, 2.05) is 24.3 Å². The Morgan fingerprint density at radius 3 is 2.43 bits per heavy atom. The van der Waals surface area contributed by atoms with E-state index in [0.717, 1.165) is 27.3 Å². The molecule has 1 atom stereocenters. The maximum absolute atomic E-state index is 5.54. The molecule has 1 heterocycles. The van der Waals surface area contributed by atoms with Gasteiger partial charge >= 0.3 is 0 Å². The smallest absolute Gasteiger partial charge is 0.183 e. The number of nitrogens with one attached hydrogen (secondary N) is 1. The van der Waals surface area contributed by atoms with Crippen molar-refractivity contribution in [2.75, 3.05) is 14.2 Å². The molecule has 0 saturated carbocycles. The molecule has 0 saturated heterocycles. The predicted molar refractivity (Wildman–Crippen MR) is 88.9 cm³/mol. The molecule has 2 rings (SSSR count). The van der Waals surface area contributed by atoms with E-state index in [2.05, 4.69) is 44.1 Å². The fraction of sp³-hybridized carbons (Fsp3) is 0.333. The SMILES string of the molecule is COc1ccc(C(C)NCc2cc(Br)c(Br)o2)cc1OC. The van der Waals surface area contributed by atoms with Crippen molar-refractivity contribution in [1.82, 2.24) is 5.32 Å². The molecule has 0 aliphatic heterocycles. The molecule has 1 aromatic carbocycles. The summed E-state index contributed by atoms with van der Waals surface area (Å²) in [6, 6.07) is 8.01. The topological polar surface area (TPSA) is 43.6 Å². The van der Waals surface area contributed by atoms with Crippen LogP contribution in [0.2, 0.25) is 0 Å². The van der Waals surface area contributed by atoms with E-state index in [9.17, 15) is 0 Å². The minimum Gasteiger partial charge on any atom is -0.493 e. The van der Waals surface area contributed by atoms with Gasteiger partial charge in [-0.15, -0.1) is 0 Å². The highest BCUT2D eigenvalue weighted by atomic mass is 79.9. The molecule has 1 N–H and O–H groups in total. The normalized spacial score (nSPS) is 12.2. The molecule has 21 heavy (non-hydrogen) atoms. The summed E-state index contributed by atoms with van der Waals surface area (Å²) >= 11 is 6.73. The van der Waals surface area contributed by atoms with Crippen LogP contribution in [0.3, 0.4) is 0 Å². The summed E-state index contributed by atoms with van der Waals surface area (Å²) in [5, 5.41) is 3.41. The molecule has 114 valence electrons. The van der Waals surface area contributed by atoms with Gasteiger partial charge in [-0.05, 0) is 62.5 Å². The molecule has 2 aromatic rings. The molecule has 0 bridgehead atoms. The van der Waals surface area contributed by atoms with Crippen molar-refractivity contribution in [3.63, 3.8) is 0 Å². The second kappa shape index (κ2) is 7.33. The van der Waals surface area contributed by atoms with Crippen LogP contribution in [0.5, 0.6) is 11.5 Å². The second-order valence-corrected chi connectivity index (χ2v) is 6.13. The fourth-order valence-electron chi connectivity index (χ4n) is 1.97. The van der Waals surface area contributed by atoms with E-state index in [1.54, 1.807) is 14.2 Å². The molecule has 1 aromatic heterocycles. The first kappa shape index (κ1) is 16.4. The van der Waals surface area contributed by atoms with E-state index >= 15 is 0 Å². The molecule has 0 aliphatic carbocycles. The monoisotopic (exact) mass is 417 g/mol. The van der Waals surface area contributed by atoms with Crippen LogP contribution in [0.15, 0.2) is 37.8 Å². The zero-order valence-electron chi connectivity index (χ0n) is 12.1. The van der Waals surface area contributed by atoms with Gasteiger partial charge in [-0.3, -0.25) is 0 Å². The number of benzene rings is 1. The van der Waals surface area contributed by atoms with Gasteiger partial charge in [0.2, 0.25) is 0 Å². The highest BCUT2D eigenvalue weighted by Crippen LogP contribution is 2.30. The second-order valence-electron chi connectivity index (χ2n) is 4.55. The summed E-state index contributed by atoms with van der Waals surface area (Å²) in [5.41, 5.74) is 1.12. The van der Waals surface area contributed by atoms with E-state index in [0.29, 0.717) is 11.2 Å². The number of ether oxygens (including phenoxy) is 2. The lowest BCUT2D eigenvalue weighted by Gasteiger charge is -2.15. The number of furan rings is 1. The number of hydrogen-bond acceptors (Lipinski definition) is 4. The van der Waals surface area contributed by atoms with Gasteiger partial charge in [-0.1, -0.05) is 6.07 Å². The zero-order chi connectivity index (χ0) is 15.4. The maximum atomic E-state index is 5.54. The van der Waals surface area contributed by atoms with Crippen LogP contribution in [0.1, 0.15) is 24.3 Å². The molecule has 0 radical (unpaired) electrons. The van der Waals surface area contributed by atoms with Crippen molar-refractivity contribution in [3.05, 3.63) is 44.7 Å². The summed E-state index contributed by atoms with van der Waals surface area (Å²) < 4.78 is 17.7. The Bertz CT molecular complexity index is 593. The van der Waals surface area contributed by atoms with Gasteiger partial charge in [0, 0.05) is 6.04 Å². The lowest BCUT2D eigenvalue weighted by Crippen LogP contribution is -2.17. The van der Waals surface area contributed by atoms with Gasteiger partial charge < -0.3 is 19.2 Å². The van der Waals surface area contributed by atoms with Gasteiger partial charge in [0.1, 0.15) is 5.76 Å². The van der Waals surface area contributed by atoms with Crippen LogP contribution in [0.25, 0.3) is 0 Å². The Morgan fingerprint density at radius 2 is 1.86 bits per heavy atom. The van der Waals surface area contributed by atoms with Crippen molar-refractivity contribution < 1.29 is 13.9 Å². The van der Waals surface area contributed by atoms with E-state index in [4.69, 9.17) is 13.9 Å². The Balaban J connectivity index is 2.04. The Morgan fingerprint density at radius 1 is 1.14 bits per heavy atom. The van der Waals surface area contributed by atoms with Crippen LogP contribution in [0, 0.1) is 0 Å². The van der Waals surface area contributed by atoms with Crippen LogP contribution in [-0.2, 0) is 6.54 Å². The highest BCUT2D eigenvalue weighted by molar-refractivity contribution is 9.13. The van der Waals surface area contributed by atoms with Gasteiger partial charge in [0.15, 0.2) is 16.2 Å². The average molecular weight is 419 g/mol. The number of rotatable bonds is 6. The quantitative estimate of drug-likeness (QED) is 0.739. The van der Waals surface area contributed by atoms with Crippen LogP contribution in [-0.4, -0.2) is 14.2 Å². The molecule has 0 amide bonds. The zero-order valence-corrected chi connectivity index (χ0v) is 15.2. The Kier molecular flexibility index (Phi) is 5.72. The number of methoxy groups -OCH3 is 2. The number of hydrogen-bond donors (Lipinski definition) is 1. The molecular weight excluding hydrogens is 402 g/mol. The predicted octanol–water partition coefficient (Wildman–Crippen LogP) is 4.67. The standard InChI is InChI=1S/C15H17Br2NO3/c1-9(18-8-11-7-12(16)15(17)21-11)10-4-5-13(19-2)14(6-10)20-3/h4-7,9,18H,8H2,1-3H3. The summed E-state index contributed by atoms with van der Waals surface area (Å²) in [7, 11) is 3.27. The van der Waals surface area contributed by atoms with Crippen molar-refractivity contribution in [2.45, 2.75) is 19.5 Å². The molecular formula is C15H17Br2NO3. The van der Waals surface area contributed by atoms with Crippen molar-refractivity contribution in [3.8, 4) is 11.5 Å². The van der Waals surface area contributed by atoms with Gasteiger partial charge in [-0.25, -0.2) is 0 Å². The first-order valence-corrected chi connectivity index (χ1v) is 8.02. The maximum Gasteiger partial charge on any atom is 0.183 e. The fourth-order valence-corrected chi connectivity index (χ4v) is 2.63. The van der Waals surface area contributed by atoms with Crippen molar-refractivity contribution in [1.29, 1.82) is 0 Å².